The molecule has 0 aliphatic carbocycles. The van der Waals surface area contributed by atoms with Crippen molar-refractivity contribution in [2.24, 2.45) is 0 Å². The number of carbonyl (C=O) groups excluding carboxylic acids is 1. The molecule has 7 nitrogen and oxygen atoms in total. The lowest BCUT2D eigenvalue weighted by molar-refractivity contribution is -0.137. The molecule has 1 heterocycles. The van der Waals surface area contributed by atoms with Crippen LogP contribution in [0.15, 0.2) is 0 Å². The van der Waals surface area contributed by atoms with Gasteiger partial charge in [0, 0.05) is 12.6 Å². The van der Waals surface area contributed by atoms with E-state index in [1.807, 2.05) is 0 Å². The second kappa shape index (κ2) is 7.03. The standard InChI is InChI=1S/C12H22N2O5S/c1-3-7-20(18,19)14-6-4-5-10(14)12(17)13-9(2)8-11(15)16/h9-10H,3-8H2,1-2H3,(H,13,17)(H,15,16). The number of aliphatic carboxylic acids is 1. The van der Waals surface area contributed by atoms with Crippen LogP contribution < -0.4 is 5.32 Å². The van der Waals surface area contributed by atoms with Crippen LogP contribution in [-0.4, -0.2) is 54.1 Å². The summed E-state index contributed by atoms with van der Waals surface area (Å²) < 4.78 is 25.4. The van der Waals surface area contributed by atoms with Crippen LogP contribution in [0.5, 0.6) is 0 Å². The molecule has 2 N–H and O–H groups in total. The maximum Gasteiger partial charge on any atom is 0.305 e. The fourth-order valence-corrected chi connectivity index (χ4v) is 4.11. The molecule has 0 spiro atoms. The van der Waals surface area contributed by atoms with E-state index < -0.39 is 34.0 Å². The number of sulfonamides is 1. The second-order valence-electron chi connectivity index (χ2n) is 5.09. The topological polar surface area (TPSA) is 104 Å². The minimum Gasteiger partial charge on any atom is -0.481 e. The van der Waals surface area contributed by atoms with E-state index in [1.165, 1.54) is 4.31 Å². The van der Waals surface area contributed by atoms with Crippen molar-refractivity contribution in [3.05, 3.63) is 0 Å². The largest absolute Gasteiger partial charge is 0.481 e. The van der Waals surface area contributed by atoms with Gasteiger partial charge in [0.1, 0.15) is 6.04 Å². The van der Waals surface area contributed by atoms with Crippen LogP contribution in [0.2, 0.25) is 0 Å². The molecule has 0 radical (unpaired) electrons. The van der Waals surface area contributed by atoms with Crippen molar-refractivity contribution in [3.63, 3.8) is 0 Å². The van der Waals surface area contributed by atoms with Gasteiger partial charge in [0.2, 0.25) is 15.9 Å². The smallest absolute Gasteiger partial charge is 0.305 e. The lowest BCUT2D eigenvalue weighted by Crippen LogP contribution is -2.49. The number of carbonyl (C=O) groups is 2. The van der Waals surface area contributed by atoms with Crippen molar-refractivity contribution in [2.75, 3.05) is 12.3 Å². The Morgan fingerprint density at radius 1 is 1.45 bits per heavy atom. The van der Waals surface area contributed by atoms with Crippen molar-refractivity contribution in [3.8, 4) is 0 Å². The summed E-state index contributed by atoms with van der Waals surface area (Å²) in [7, 11) is -3.41. The average Bonchev–Trinajstić information content (AvgIpc) is 2.76. The van der Waals surface area contributed by atoms with Gasteiger partial charge in [-0.1, -0.05) is 6.92 Å². The zero-order valence-electron chi connectivity index (χ0n) is 11.8. The molecule has 2 unspecified atom stereocenters. The molecule has 1 aliphatic rings. The number of hydrogen-bond acceptors (Lipinski definition) is 4. The first-order chi connectivity index (χ1) is 9.27. The molecule has 0 aromatic rings. The maximum atomic E-state index is 12.1. The molecule has 1 aliphatic heterocycles. The zero-order valence-corrected chi connectivity index (χ0v) is 12.6. The van der Waals surface area contributed by atoms with Crippen molar-refractivity contribution in [1.82, 2.24) is 9.62 Å². The first-order valence-electron chi connectivity index (χ1n) is 6.79. The Hall–Kier alpha value is -1.15. The highest BCUT2D eigenvalue weighted by molar-refractivity contribution is 7.89. The van der Waals surface area contributed by atoms with Crippen LogP contribution in [-0.2, 0) is 19.6 Å². The Labute approximate surface area is 119 Å². The normalized spacial score (nSPS) is 21.6. The Kier molecular flexibility index (Phi) is 5.94. The van der Waals surface area contributed by atoms with Gasteiger partial charge in [-0.3, -0.25) is 9.59 Å². The fraction of sp³-hybridized carbons (Fsp3) is 0.833. The molecule has 116 valence electrons. The van der Waals surface area contributed by atoms with Crippen LogP contribution in [0, 0.1) is 0 Å². The Balaban J connectivity index is 2.69. The Morgan fingerprint density at radius 2 is 2.10 bits per heavy atom. The molecule has 0 aromatic heterocycles. The predicted octanol–water partition coefficient (Wildman–Crippen LogP) is 0.170. The highest BCUT2D eigenvalue weighted by atomic mass is 32.2. The summed E-state index contributed by atoms with van der Waals surface area (Å²) >= 11 is 0. The van der Waals surface area contributed by atoms with E-state index in [0.29, 0.717) is 25.8 Å². The van der Waals surface area contributed by atoms with E-state index in [9.17, 15) is 18.0 Å². The number of nitrogens with one attached hydrogen (secondary N) is 1. The Bertz CT molecular complexity index is 462. The molecular formula is C12H22N2O5S. The first-order valence-corrected chi connectivity index (χ1v) is 8.40. The third kappa shape index (κ3) is 4.45. The molecule has 1 saturated heterocycles. The summed E-state index contributed by atoms with van der Waals surface area (Å²) in [6.07, 6.45) is 1.45. The van der Waals surface area contributed by atoms with Gasteiger partial charge in [0.15, 0.2) is 0 Å². The van der Waals surface area contributed by atoms with E-state index in [0.717, 1.165) is 0 Å². The molecule has 20 heavy (non-hydrogen) atoms. The number of hydrogen-bond donors (Lipinski definition) is 2. The highest BCUT2D eigenvalue weighted by Gasteiger charge is 2.38. The van der Waals surface area contributed by atoms with E-state index >= 15 is 0 Å². The van der Waals surface area contributed by atoms with Crippen molar-refractivity contribution in [2.45, 2.75) is 51.6 Å². The molecule has 1 fully saturated rings. The molecule has 1 amide bonds. The number of carboxylic acid groups (broad SMARTS) is 1. The lowest BCUT2D eigenvalue weighted by Gasteiger charge is -2.24. The second-order valence-corrected chi connectivity index (χ2v) is 7.13. The van der Waals surface area contributed by atoms with Crippen molar-refractivity contribution in [1.29, 1.82) is 0 Å². The fourth-order valence-electron chi connectivity index (χ4n) is 2.36. The van der Waals surface area contributed by atoms with Gasteiger partial charge in [0.25, 0.3) is 0 Å². The van der Waals surface area contributed by atoms with Gasteiger partial charge in [0.05, 0.1) is 12.2 Å². The van der Waals surface area contributed by atoms with Crippen LogP contribution >= 0.6 is 0 Å². The predicted molar refractivity (Wildman–Crippen MR) is 73.7 cm³/mol. The lowest BCUT2D eigenvalue weighted by atomic mass is 10.2. The molecule has 0 aromatic carbocycles. The summed E-state index contributed by atoms with van der Waals surface area (Å²) in [5, 5.41) is 11.2. The van der Waals surface area contributed by atoms with Crippen LogP contribution in [0.25, 0.3) is 0 Å². The highest BCUT2D eigenvalue weighted by Crippen LogP contribution is 2.22. The third-order valence-electron chi connectivity index (χ3n) is 3.20. The molecule has 1 rings (SSSR count). The van der Waals surface area contributed by atoms with Crippen LogP contribution in [0.3, 0.4) is 0 Å². The maximum absolute atomic E-state index is 12.1. The number of carboxylic acids is 1. The monoisotopic (exact) mass is 306 g/mol. The van der Waals surface area contributed by atoms with Gasteiger partial charge >= 0.3 is 5.97 Å². The van der Waals surface area contributed by atoms with Gasteiger partial charge in [-0.25, -0.2) is 8.42 Å². The van der Waals surface area contributed by atoms with Gasteiger partial charge in [-0.05, 0) is 26.2 Å². The zero-order chi connectivity index (χ0) is 15.3. The number of rotatable bonds is 7. The van der Waals surface area contributed by atoms with Gasteiger partial charge in [-0.15, -0.1) is 0 Å². The SMILES string of the molecule is CCCS(=O)(=O)N1CCCC1C(=O)NC(C)CC(=O)O. The molecule has 2 atom stereocenters. The van der Waals surface area contributed by atoms with E-state index in [-0.39, 0.29) is 12.2 Å². The summed E-state index contributed by atoms with van der Waals surface area (Å²) in [6.45, 7) is 3.72. The molecule has 8 heteroatoms. The number of amides is 1. The molecule has 0 saturated carbocycles. The van der Waals surface area contributed by atoms with E-state index in [2.05, 4.69) is 5.32 Å². The van der Waals surface area contributed by atoms with Crippen LogP contribution in [0.1, 0.15) is 39.5 Å². The van der Waals surface area contributed by atoms with Crippen molar-refractivity contribution < 1.29 is 23.1 Å². The minimum absolute atomic E-state index is 0.0292. The van der Waals surface area contributed by atoms with Crippen molar-refractivity contribution >= 4 is 21.9 Å². The third-order valence-corrected chi connectivity index (χ3v) is 5.27. The molecule has 0 bridgehead atoms. The van der Waals surface area contributed by atoms with E-state index in [1.54, 1.807) is 13.8 Å². The minimum atomic E-state index is -3.41. The summed E-state index contributed by atoms with van der Waals surface area (Å²) in [4.78, 5) is 22.7. The average molecular weight is 306 g/mol. The Morgan fingerprint density at radius 3 is 2.65 bits per heavy atom. The number of nitrogens with zero attached hydrogens (tertiary/aromatic N) is 1. The molecular weight excluding hydrogens is 284 g/mol. The first kappa shape index (κ1) is 16.9. The van der Waals surface area contributed by atoms with Gasteiger partial charge in [-0.2, -0.15) is 4.31 Å². The summed E-state index contributed by atoms with van der Waals surface area (Å²) in [6, 6.07) is -1.22. The van der Waals surface area contributed by atoms with Gasteiger partial charge < -0.3 is 10.4 Å². The quantitative estimate of drug-likeness (QED) is 0.698. The summed E-state index contributed by atoms with van der Waals surface area (Å²) in [5.74, 6) is -1.38. The van der Waals surface area contributed by atoms with E-state index in [4.69, 9.17) is 5.11 Å². The van der Waals surface area contributed by atoms with Crippen LogP contribution in [0.4, 0.5) is 0 Å². The summed E-state index contributed by atoms with van der Waals surface area (Å²) in [5.41, 5.74) is 0.